The fourth-order valence-corrected chi connectivity index (χ4v) is 3.94. The lowest BCUT2D eigenvalue weighted by molar-refractivity contribution is -0.141. The van der Waals surface area contributed by atoms with Gasteiger partial charge in [-0.15, -0.1) is 0 Å². The highest BCUT2D eigenvalue weighted by molar-refractivity contribution is 6.33. The number of rotatable bonds is 6. The van der Waals surface area contributed by atoms with Crippen molar-refractivity contribution in [3.63, 3.8) is 0 Å². The maximum atomic E-state index is 13.0. The van der Waals surface area contributed by atoms with E-state index < -0.39 is 11.9 Å². The van der Waals surface area contributed by atoms with Crippen LogP contribution in [0.4, 0.5) is 19.0 Å². The molecule has 0 bridgehead atoms. The Morgan fingerprint density at radius 1 is 1.06 bits per heavy atom. The number of halogens is 4. The molecule has 0 radical (unpaired) electrons. The Labute approximate surface area is 204 Å². The number of carbonyl (C=O) groups excluding carboxylic acids is 1. The van der Waals surface area contributed by atoms with Crippen molar-refractivity contribution < 1.29 is 22.7 Å². The van der Waals surface area contributed by atoms with E-state index >= 15 is 0 Å². The molecule has 0 unspecified atom stereocenters. The van der Waals surface area contributed by atoms with Crippen LogP contribution in [0.2, 0.25) is 5.02 Å². The molecule has 0 atom stereocenters. The summed E-state index contributed by atoms with van der Waals surface area (Å²) in [5, 5.41) is 0.327. The molecule has 3 aromatic heterocycles. The number of hydrogen-bond acceptors (Lipinski definition) is 7. The molecule has 35 heavy (non-hydrogen) atoms. The Balaban J connectivity index is 1.64. The number of pyridine rings is 2. The molecule has 1 aliphatic heterocycles. The van der Waals surface area contributed by atoms with E-state index in [-0.39, 0.29) is 5.91 Å². The van der Waals surface area contributed by atoms with Gasteiger partial charge in [0.2, 0.25) is 5.91 Å². The number of hydrogen-bond donors (Lipinski definition) is 0. The van der Waals surface area contributed by atoms with E-state index in [0.29, 0.717) is 72.6 Å². The predicted octanol–water partition coefficient (Wildman–Crippen LogP) is 3.96. The van der Waals surface area contributed by atoms with Gasteiger partial charge >= 0.3 is 6.18 Å². The number of aromatic nitrogens is 4. The monoisotopic (exact) mass is 506 g/mol. The zero-order chi connectivity index (χ0) is 25.0. The first kappa shape index (κ1) is 24.8. The van der Waals surface area contributed by atoms with E-state index in [4.69, 9.17) is 21.3 Å². The molecule has 184 valence electrons. The largest absolute Gasteiger partial charge is 0.433 e. The van der Waals surface area contributed by atoms with E-state index in [2.05, 4.69) is 15.0 Å². The van der Waals surface area contributed by atoms with Crippen molar-refractivity contribution in [2.24, 2.45) is 0 Å². The van der Waals surface area contributed by atoms with Crippen LogP contribution in [0.3, 0.4) is 0 Å². The summed E-state index contributed by atoms with van der Waals surface area (Å²) in [7, 11) is 1.56. The third-order valence-corrected chi connectivity index (χ3v) is 5.89. The highest BCUT2D eigenvalue weighted by Crippen LogP contribution is 2.35. The van der Waals surface area contributed by atoms with Gasteiger partial charge in [0.15, 0.2) is 0 Å². The van der Waals surface area contributed by atoms with Crippen LogP contribution in [-0.2, 0) is 15.7 Å². The average Bonchev–Trinajstić information content (AvgIpc) is 2.87. The second-order valence-electron chi connectivity index (χ2n) is 7.82. The maximum Gasteiger partial charge on any atom is 0.433 e. The van der Waals surface area contributed by atoms with E-state index in [0.717, 1.165) is 12.3 Å². The summed E-state index contributed by atoms with van der Waals surface area (Å²) in [6.07, 6.45) is 1.48. The molecule has 1 saturated heterocycles. The van der Waals surface area contributed by atoms with E-state index in [1.807, 2.05) is 4.90 Å². The highest BCUT2D eigenvalue weighted by Gasteiger charge is 2.32. The molecule has 4 rings (SSSR count). The van der Waals surface area contributed by atoms with Gasteiger partial charge in [-0.2, -0.15) is 13.2 Å². The van der Waals surface area contributed by atoms with Gasteiger partial charge in [-0.3, -0.25) is 19.7 Å². The van der Waals surface area contributed by atoms with Gasteiger partial charge in [0, 0.05) is 63.0 Å². The lowest BCUT2D eigenvalue weighted by atomic mass is 10.1. The minimum Gasteiger partial charge on any atom is -0.384 e. The van der Waals surface area contributed by atoms with E-state index in [1.54, 1.807) is 30.5 Å². The normalized spacial score (nSPS) is 14.3. The number of nitrogens with zero attached hydrogens (tertiary/aromatic N) is 6. The van der Waals surface area contributed by atoms with Crippen molar-refractivity contribution in [1.29, 1.82) is 0 Å². The Bertz CT molecular complexity index is 1180. The summed E-state index contributed by atoms with van der Waals surface area (Å²) in [6, 6.07) is 3.88. The summed E-state index contributed by atoms with van der Waals surface area (Å²) < 4.78 is 43.9. The van der Waals surface area contributed by atoms with E-state index in [9.17, 15) is 18.0 Å². The van der Waals surface area contributed by atoms with Crippen molar-refractivity contribution in [3.05, 3.63) is 53.7 Å². The van der Waals surface area contributed by atoms with Crippen LogP contribution in [0.5, 0.6) is 0 Å². The van der Waals surface area contributed by atoms with Crippen molar-refractivity contribution in [2.75, 3.05) is 44.8 Å². The minimum absolute atomic E-state index is 0.0343. The zero-order valence-electron chi connectivity index (χ0n) is 18.8. The van der Waals surface area contributed by atoms with Crippen LogP contribution >= 0.6 is 11.6 Å². The van der Waals surface area contributed by atoms with Gasteiger partial charge in [-0.25, -0.2) is 4.98 Å². The lowest BCUT2D eigenvalue weighted by Gasteiger charge is -2.35. The van der Waals surface area contributed by atoms with Crippen LogP contribution in [0.15, 0.2) is 43.0 Å². The van der Waals surface area contributed by atoms with Gasteiger partial charge in [0.25, 0.3) is 0 Å². The summed E-state index contributed by atoms with van der Waals surface area (Å²) in [5.74, 6) is 0.604. The molecule has 0 aromatic carbocycles. The van der Waals surface area contributed by atoms with Crippen molar-refractivity contribution in [1.82, 2.24) is 24.8 Å². The molecular formula is C23H22ClF3N6O2. The molecule has 8 nitrogen and oxygen atoms in total. The summed E-state index contributed by atoms with van der Waals surface area (Å²) in [5.41, 5.74) is 0.659. The Morgan fingerprint density at radius 2 is 1.83 bits per heavy atom. The van der Waals surface area contributed by atoms with Gasteiger partial charge < -0.3 is 14.5 Å². The molecular weight excluding hydrogens is 485 g/mol. The molecule has 0 saturated carbocycles. The predicted molar refractivity (Wildman–Crippen MR) is 124 cm³/mol. The second kappa shape index (κ2) is 10.5. The molecule has 0 aliphatic carbocycles. The maximum absolute atomic E-state index is 13.0. The van der Waals surface area contributed by atoms with Crippen LogP contribution in [-0.4, -0.2) is 70.6 Å². The SMILES string of the molecule is COCCC(=O)N1CCN(c2cnc(-c3ccc(C(F)(F)F)nc3)c(-c3ccncc3Cl)n2)CC1. The molecule has 3 aromatic rings. The van der Waals surface area contributed by atoms with Crippen LogP contribution in [0, 0.1) is 0 Å². The molecule has 1 amide bonds. The molecule has 1 aliphatic rings. The lowest BCUT2D eigenvalue weighted by Crippen LogP contribution is -2.49. The number of anilines is 1. The molecule has 0 N–H and O–H groups in total. The molecule has 1 fully saturated rings. The smallest absolute Gasteiger partial charge is 0.384 e. The standard InChI is InChI=1S/C23H22ClF3N6O2/c1-35-11-5-20(34)33-9-7-32(8-10-33)19-14-30-21(15-2-3-18(29-12-15)23(25,26)27)22(31-19)16-4-6-28-13-17(16)24/h2-4,6,12-14H,5,7-11H2,1H3. The first-order valence-corrected chi connectivity index (χ1v) is 11.2. The van der Waals surface area contributed by atoms with Gasteiger partial charge in [0.1, 0.15) is 17.2 Å². The number of ether oxygens (including phenoxy) is 1. The van der Waals surface area contributed by atoms with Crippen LogP contribution in [0.1, 0.15) is 12.1 Å². The van der Waals surface area contributed by atoms with Crippen LogP contribution < -0.4 is 4.90 Å². The zero-order valence-corrected chi connectivity index (χ0v) is 19.6. The Morgan fingerprint density at radius 3 is 2.46 bits per heavy atom. The fraction of sp³-hybridized carbons (Fsp3) is 0.348. The highest BCUT2D eigenvalue weighted by atomic mass is 35.5. The molecule has 0 spiro atoms. The molecule has 4 heterocycles. The van der Waals surface area contributed by atoms with Crippen molar-refractivity contribution in [2.45, 2.75) is 12.6 Å². The Hall–Kier alpha value is -3.31. The molecule has 12 heteroatoms. The summed E-state index contributed by atoms with van der Waals surface area (Å²) in [4.78, 5) is 32.9. The third kappa shape index (κ3) is 5.68. The topological polar surface area (TPSA) is 84.3 Å². The number of piperazine rings is 1. The number of methoxy groups -OCH3 is 1. The summed E-state index contributed by atoms with van der Waals surface area (Å²) >= 11 is 6.37. The number of amides is 1. The minimum atomic E-state index is -4.54. The van der Waals surface area contributed by atoms with Gasteiger partial charge in [-0.05, 0) is 18.2 Å². The summed E-state index contributed by atoms with van der Waals surface area (Å²) in [6.45, 7) is 2.54. The van der Waals surface area contributed by atoms with Crippen molar-refractivity contribution >= 4 is 23.3 Å². The van der Waals surface area contributed by atoms with E-state index in [1.165, 1.54) is 12.3 Å². The quantitative estimate of drug-likeness (QED) is 0.500. The second-order valence-corrected chi connectivity index (χ2v) is 8.23. The first-order chi connectivity index (χ1) is 16.8. The van der Waals surface area contributed by atoms with Gasteiger partial charge in [0.05, 0.1) is 29.9 Å². The van der Waals surface area contributed by atoms with Crippen molar-refractivity contribution in [3.8, 4) is 22.5 Å². The average molecular weight is 507 g/mol. The Kier molecular flexibility index (Phi) is 7.46. The van der Waals surface area contributed by atoms with Gasteiger partial charge in [-0.1, -0.05) is 11.6 Å². The number of carbonyl (C=O) groups is 1. The number of alkyl halides is 3. The first-order valence-electron chi connectivity index (χ1n) is 10.8. The third-order valence-electron chi connectivity index (χ3n) is 5.59. The fourth-order valence-electron chi connectivity index (χ4n) is 3.73. The van der Waals surface area contributed by atoms with Crippen LogP contribution in [0.25, 0.3) is 22.5 Å².